The topological polar surface area (TPSA) is 68.7 Å². The maximum Gasteiger partial charge on any atom is 0.335 e. The number of hydrogen-bond donors (Lipinski definition) is 1. The number of aromatic nitrogens is 1. The molecule has 2 rings (SSSR count). The van der Waals surface area contributed by atoms with Crippen molar-refractivity contribution in [3.05, 3.63) is 47.1 Å². The van der Waals surface area contributed by atoms with Crippen molar-refractivity contribution in [1.82, 2.24) is 4.98 Å². The van der Waals surface area contributed by atoms with Crippen LogP contribution < -0.4 is 9.47 Å². The molecule has 0 radical (unpaired) electrons. The van der Waals surface area contributed by atoms with Gasteiger partial charge in [0.05, 0.1) is 17.2 Å². The number of halogens is 1. The largest absolute Gasteiger partial charge is 0.488 e. The summed E-state index contributed by atoms with van der Waals surface area (Å²) in [5.74, 6) is 0.0728. The van der Waals surface area contributed by atoms with Gasteiger partial charge >= 0.3 is 5.97 Å². The summed E-state index contributed by atoms with van der Waals surface area (Å²) < 4.78 is 11.1. The number of ether oxygens (including phenoxy) is 2. The standard InChI is InChI=1S/C15H14ClNO4/c1-2-8-20-13-4-3-7-17-14(13)21-12-6-5-10(15(18)19)9-11(12)16/h3-7,9H,2,8H2,1H3,(H,18,19). The average molecular weight is 308 g/mol. The summed E-state index contributed by atoms with van der Waals surface area (Å²) in [5, 5.41) is 9.10. The first-order valence-corrected chi connectivity index (χ1v) is 6.78. The van der Waals surface area contributed by atoms with Gasteiger partial charge in [0.15, 0.2) is 5.75 Å². The van der Waals surface area contributed by atoms with Gasteiger partial charge in [0.25, 0.3) is 5.88 Å². The molecular formula is C15H14ClNO4. The van der Waals surface area contributed by atoms with Crippen molar-refractivity contribution in [3.8, 4) is 17.4 Å². The molecule has 1 aromatic heterocycles. The quantitative estimate of drug-likeness (QED) is 0.873. The van der Waals surface area contributed by atoms with E-state index in [1.807, 2.05) is 6.92 Å². The van der Waals surface area contributed by atoms with Gasteiger partial charge in [-0.1, -0.05) is 18.5 Å². The minimum Gasteiger partial charge on any atom is -0.488 e. The molecule has 0 spiro atoms. The van der Waals surface area contributed by atoms with Crippen LogP contribution in [0.1, 0.15) is 23.7 Å². The first-order valence-electron chi connectivity index (χ1n) is 6.40. The van der Waals surface area contributed by atoms with Crippen LogP contribution in [-0.4, -0.2) is 22.7 Å². The van der Waals surface area contributed by atoms with Crippen LogP contribution in [0.25, 0.3) is 0 Å². The second-order valence-corrected chi connectivity index (χ2v) is 4.61. The van der Waals surface area contributed by atoms with E-state index in [0.29, 0.717) is 18.1 Å². The summed E-state index contributed by atoms with van der Waals surface area (Å²) in [4.78, 5) is 15.0. The molecule has 0 aliphatic carbocycles. The van der Waals surface area contributed by atoms with E-state index in [-0.39, 0.29) is 16.5 Å². The van der Waals surface area contributed by atoms with Gasteiger partial charge in [-0.25, -0.2) is 9.78 Å². The Morgan fingerprint density at radius 3 is 2.81 bits per heavy atom. The number of benzene rings is 1. The maximum absolute atomic E-state index is 10.9. The van der Waals surface area contributed by atoms with Crippen LogP contribution in [0, 0.1) is 0 Å². The Labute approximate surface area is 127 Å². The lowest BCUT2D eigenvalue weighted by Gasteiger charge is -2.11. The molecule has 0 aliphatic heterocycles. The lowest BCUT2D eigenvalue weighted by molar-refractivity contribution is 0.0697. The second-order valence-electron chi connectivity index (χ2n) is 4.21. The fourth-order valence-electron chi connectivity index (χ4n) is 1.60. The van der Waals surface area contributed by atoms with Gasteiger partial charge in [-0.05, 0) is 36.8 Å². The van der Waals surface area contributed by atoms with E-state index < -0.39 is 5.97 Å². The number of carboxylic acids is 1. The van der Waals surface area contributed by atoms with Crippen LogP contribution in [0.5, 0.6) is 17.4 Å². The zero-order chi connectivity index (χ0) is 15.2. The molecule has 6 heteroatoms. The fraction of sp³-hybridized carbons (Fsp3) is 0.200. The average Bonchev–Trinajstić information content (AvgIpc) is 2.48. The molecule has 0 saturated heterocycles. The van der Waals surface area contributed by atoms with Gasteiger partial charge in [0, 0.05) is 6.20 Å². The number of rotatable bonds is 6. The Morgan fingerprint density at radius 2 is 2.14 bits per heavy atom. The molecule has 2 aromatic rings. The third-order valence-corrected chi connectivity index (χ3v) is 2.88. The van der Waals surface area contributed by atoms with E-state index in [2.05, 4.69) is 4.98 Å². The van der Waals surface area contributed by atoms with Gasteiger partial charge in [-0.15, -0.1) is 0 Å². The highest BCUT2D eigenvalue weighted by atomic mass is 35.5. The maximum atomic E-state index is 10.9. The summed E-state index contributed by atoms with van der Waals surface area (Å²) in [6.07, 6.45) is 2.44. The highest BCUT2D eigenvalue weighted by Gasteiger charge is 2.12. The number of aromatic carboxylic acids is 1. The van der Waals surface area contributed by atoms with Gasteiger partial charge in [-0.2, -0.15) is 0 Å². The highest BCUT2D eigenvalue weighted by Crippen LogP contribution is 2.33. The Bertz CT molecular complexity index is 645. The Kier molecular flexibility index (Phi) is 5.00. The van der Waals surface area contributed by atoms with Crippen molar-refractivity contribution in [2.24, 2.45) is 0 Å². The summed E-state index contributed by atoms with van der Waals surface area (Å²) >= 11 is 6.02. The molecule has 110 valence electrons. The summed E-state index contributed by atoms with van der Waals surface area (Å²) in [5.41, 5.74) is 0.0934. The van der Waals surface area contributed by atoms with Crippen LogP contribution >= 0.6 is 11.6 Å². The molecular weight excluding hydrogens is 294 g/mol. The summed E-state index contributed by atoms with van der Waals surface area (Å²) in [7, 11) is 0. The minimum atomic E-state index is -1.05. The smallest absolute Gasteiger partial charge is 0.335 e. The fourth-order valence-corrected chi connectivity index (χ4v) is 1.81. The van der Waals surface area contributed by atoms with E-state index >= 15 is 0 Å². The first kappa shape index (κ1) is 15.1. The number of hydrogen-bond acceptors (Lipinski definition) is 4. The highest BCUT2D eigenvalue weighted by molar-refractivity contribution is 6.32. The molecule has 5 nitrogen and oxygen atoms in total. The second kappa shape index (κ2) is 6.95. The molecule has 0 atom stereocenters. The first-order chi connectivity index (χ1) is 10.1. The SMILES string of the molecule is CCCOc1cccnc1Oc1ccc(C(=O)O)cc1Cl. The molecule has 0 saturated carbocycles. The molecule has 0 aliphatic rings. The van der Waals surface area contributed by atoms with Crippen molar-refractivity contribution in [2.45, 2.75) is 13.3 Å². The molecule has 1 N–H and O–H groups in total. The lowest BCUT2D eigenvalue weighted by Crippen LogP contribution is -2.00. The number of carbonyl (C=O) groups is 1. The van der Waals surface area contributed by atoms with E-state index in [0.717, 1.165) is 6.42 Å². The van der Waals surface area contributed by atoms with Crippen molar-refractivity contribution in [1.29, 1.82) is 0 Å². The third-order valence-electron chi connectivity index (χ3n) is 2.58. The predicted molar refractivity (Wildman–Crippen MR) is 78.5 cm³/mol. The van der Waals surface area contributed by atoms with Gasteiger partial charge in [0.2, 0.25) is 0 Å². The van der Waals surface area contributed by atoms with Crippen LogP contribution in [0.3, 0.4) is 0 Å². The van der Waals surface area contributed by atoms with Gasteiger partial charge in [-0.3, -0.25) is 0 Å². The number of pyridine rings is 1. The Morgan fingerprint density at radius 1 is 1.33 bits per heavy atom. The van der Waals surface area contributed by atoms with Crippen LogP contribution in [0.2, 0.25) is 5.02 Å². The molecule has 1 aromatic carbocycles. The lowest BCUT2D eigenvalue weighted by atomic mass is 10.2. The van der Waals surface area contributed by atoms with E-state index in [9.17, 15) is 4.79 Å². The van der Waals surface area contributed by atoms with Gasteiger partial charge < -0.3 is 14.6 Å². The van der Waals surface area contributed by atoms with Crippen molar-refractivity contribution >= 4 is 17.6 Å². The van der Waals surface area contributed by atoms with Crippen molar-refractivity contribution < 1.29 is 19.4 Å². The zero-order valence-corrected chi connectivity index (χ0v) is 12.1. The van der Waals surface area contributed by atoms with E-state index in [4.69, 9.17) is 26.2 Å². The summed E-state index contributed by atoms with van der Waals surface area (Å²) in [6.45, 7) is 2.55. The predicted octanol–water partition coefficient (Wildman–Crippen LogP) is 4.01. The number of carboxylic acid groups (broad SMARTS) is 1. The molecule has 0 bridgehead atoms. The van der Waals surface area contributed by atoms with Gasteiger partial charge in [0.1, 0.15) is 5.75 Å². The Hall–Kier alpha value is -2.27. The molecule has 0 fully saturated rings. The molecule has 0 unspecified atom stereocenters. The Balaban J connectivity index is 2.24. The molecule has 0 amide bonds. The monoisotopic (exact) mass is 307 g/mol. The molecule has 21 heavy (non-hydrogen) atoms. The van der Waals surface area contributed by atoms with Crippen LogP contribution in [0.15, 0.2) is 36.5 Å². The number of nitrogens with zero attached hydrogens (tertiary/aromatic N) is 1. The van der Waals surface area contributed by atoms with E-state index in [1.165, 1.54) is 18.2 Å². The van der Waals surface area contributed by atoms with Crippen LogP contribution in [-0.2, 0) is 0 Å². The summed E-state index contributed by atoms with van der Waals surface area (Å²) in [6, 6.07) is 7.72. The van der Waals surface area contributed by atoms with E-state index in [1.54, 1.807) is 18.3 Å². The zero-order valence-electron chi connectivity index (χ0n) is 11.4. The third kappa shape index (κ3) is 3.86. The normalized spacial score (nSPS) is 10.2. The molecule has 1 heterocycles. The van der Waals surface area contributed by atoms with Crippen LogP contribution in [0.4, 0.5) is 0 Å². The van der Waals surface area contributed by atoms with Crippen molar-refractivity contribution in [3.63, 3.8) is 0 Å². The van der Waals surface area contributed by atoms with Crippen molar-refractivity contribution in [2.75, 3.05) is 6.61 Å². The minimum absolute atomic E-state index is 0.0934.